The maximum Gasteiger partial charge on any atom is 0.344 e. The molecule has 24 nitrogen and oxygen atoms in total. The predicted octanol–water partition coefficient (Wildman–Crippen LogP) is 22.6. The van der Waals surface area contributed by atoms with Crippen molar-refractivity contribution in [1.82, 2.24) is 0 Å². The molecule has 0 amide bonds. The Morgan fingerprint density at radius 2 is 0.470 bits per heavy atom. The highest BCUT2D eigenvalue weighted by Gasteiger charge is 2.27. The summed E-state index contributed by atoms with van der Waals surface area (Å²) in [5.41, 5.74) is 1.12. The van der Waals surface area contributed by atoms with Gasteiger partial charge in [-0.2, -0.15) is 0 Å². The van der Waals surface area contributed by atoms with Crippen molar-refractivity contribution in [1.29, 1.82) is 0 Å². The van der Waals surface area contributed by atoms with Crippen molar-refractivity contribution in [3.8, 4) is 46.0 Å². The van der Waals surface area contributed by atoms with Gasteiger partial charge in [-0.15, -0.1) is 0 Å². The van der Waals surface area contributed by atoms with Crippen molar-refractivity contribution in [2.24, 2.45) is 0 Å². The lowest BCUT2D eigenvalue weighted by Gasteiger charge is -2.23. The third kappa shape index (κ3) is 28.4. The molecule has 12 aromatic carbocycles. The minimum Gasteiger partial charge on any atom is -0.481 e. The fraction of sp³-hybridized carbons (Fsp3) is 0.407. The molecule has 0 radical (unpaired) electrons. The van der Waals surface area contributed by atoms with Crippen LogP contribution in [0.5, 0.6) is 46.0 Å². The molecule has 2 aliphatic rings. The summed E-state index contributed by atoms with van der Waals surface area (Å²) in [6.07, 6.45) is 18.3. The summed E-state index contributed by atoms with van der Waals surface area (Å²) in [7, 11) is 0. The van der Waals surface area contributed by atoms with Crippen LogP contribution in [0.15, 0.2) is 188 Å². The Bertz CT molecular complexity index is 5430. The van der Waals surface area contributed by atoms with Crippen molar-refractivity contribution in [3.05, 3.63) is 194 Å². The Labute approximate surface area is 771 Å². The first-order valence-electron chi connectivity index (χ1n) is 46.5. The normalized spacial score (nSPS) is 12.6. The predicted molar refractivity (Wildman–Crippen MR) is 511 cm³/mol. The molecule has 0 N–H and O–H groups in total. The van der Waals surface area contributed by atoms with Crippen LogP contribution in [-0.2, 0) is 82.7 Å². The number of esters is 8. The number of aryl methyl sites for hydroxylation is 1. The molecule has 700 valence electrons. The molecular formula is C108H124O24. The van der Waals surface area contributed by atoms with Gasteiger partial charge in [-0.3, -0.25) is 0 Å². The molecule has 0 spiro atoms. The number of benzene rings is 12. The number of hydrogen-bond acceptors (Lipinski definition) is 24. The van der Waals surface area contributed by atoms with E-state index in [4.69, 9.17) is 75.8 Å². The molecule has 0 heterocycles. The summed E-state index contributed by atoms with van der Waals surface area (Å²) in [6, 6.07) is 59.5. The van der Waals surface area contributed by atoms with Gasteiger partial charge in [-0.05, 0) is 123 Å². The van der Waals surface area contributed by atoms with Crippen LogP contribution in [0.4, 0.5) is 0 Å². The van der Waals surface area contributed by atoms with E-state index in [-0.39, 0.29) is 89.2 Å². The van der Waals surface area contributed by atoms with E-state index >= 15 is 0 Å². The zero-order valence-corrected chi connectivity index (χ0v) is 77.4. The average molecular weight is 1810 g/mol. The van der Waals surface area contributed by atoms with Crippen LogP contribution >= 0.6 is 0 Å². The Hall–Kier alpha value is -13.1. The molecule has 24 heteroatoms. The van der Waals surface area contributed by atoms with Gasteiger partial charge in [0, 0.05) is 86.2 Å². The van der Waals surface area contributed by atoms with Crippen LogP contribution in [0.1, 0.15) is 183 Å². The second-order valence-corrected chi connectivity index (χ2v) is 32.9. The van der Waals surface area contributed by atoms with Gasteiger partial charge < -0.3 is 75.8 Å². The molecule has 0 unspecified atom stereocenters. The monoisotopic (exact) mass is 1800 g/mol. The van der Waals surface area contributed by atoms with E-state index in [9.17, 15) is 38.4 Å². The van der Waals surface area contributed by atoms with Crippen LogP contribution in [0.3, 0.4) is 0 Å². The maximum absolute atomic E-state index is 12.5. The van der Waals surface area contributed by atoms with Crippen LogP contribution in [0, 0.1) is 0 Å². The van der Waals surface area contributed by atoms with Crippen LogP contribution < -0.4 is 37.9 Å². The van der Waals surface area contributed by atoms with Crippen LogP contribution in [0.2, 0.25) is 0 Å². The first-order chi connectivity index (χ1) is 64.3. The van der Waals surface area contributed by atoms with Crippen molar-refractivity contribution in [2.45, 2.75) is 209 Å². The van der Waals surface area contributed by atoms with E-state index in [2.05, 4.69) is 20.8 Å². The average Bonchev–Trinajstić information content (AvgIpc) is 0.786. The number of carbonyl (C=O) groups excluding carboxylic acids is 8. The molecule has 12 aromatic rings. The van der Waals surface area contributed by atoms with Crippen molar-refractivity contribution in [3.63, 3.8) is 0 Å². The van der Waals surface area contributed by atoms with E-state index in [0.717, 1.165) is 201 Å². The van der Waals surface area contributed by atoms with Gasteiger partial charge in [0.2, 0.25) is 0 Å². The number of fused-ring (bicyclic) bond motifs is 8. The highest BCUT2D eigenvalue weighted by atomic mass is 16.6. The molecule has 0 aromatic heterocycles. The zero-order valence-electron chi connectivity index (χ0n) is 77.4. The Kier molecular flexibility index (Phi) is 39.2. The third-order valence-electron chi connectivity index (χ3n) is 22.0. The topological polar surface area (TPSA) is 284 Å². The second-order valence-electron chi connectivity index (χ2n) is 32.9. The summed E-state index contributed by atoms with van der Waals surface area (Å²) in [6.45, 7) is 17.4. The Balaban J connectivity index is 0.000000170. The maximum atomic E-state index is 12.5. The summed E-state index contributed by atoms with van der Waals surface area (Å²) < 4.78 is 90.5. The zero-order chi connectivity index (χ0) is 93.5. The van der Waals surface area contributed by atoms with Crippen LogP contribution in [-0.4, -0.2) is 151 Å². The number of carbonyl (C=O) groups is 8. The van der Waals surface area contributed by atoms with Crippen molar-refractivity contribution < 1.29 is 114 Å². The van der Waals surface area contributed by atoms with Gasteiger partial charge in [0.25, 0.3) is 0 Å². The lowest BCUT2D eigenvalue weighted by atomic mass is 9.98. The van der Waals surface area contributed by atoms with Crippen molar-refractivity contribution >= 4 is 134 Å². The standard InChI is InChI=1S/C30H34O6.C28H34O6.C26H30O6.C24H26O6/c31-27(35-21-11-3-1-4-12-21)19-33-29-23-15-7-9-17-25(23)30(26-18-10-8-16-24(26)29)34-20-28(32)36-22-13-5-2-6-14-22;1-3-5-11-17-31-25(29)19-33-27-21-13-7-9-15-23(21)28(24-16-10-8-14-22(24)27)34-20-26(30)32-18-12-6-4-2;1-6-18-11-12-21-22(13-18)26(30-15-24(28)32-17(4)5)20-10-8-7-9-19(20)25(21)29-14-23(27)31-16(2)3;1-3-13-27-21(25)15-29-23-17-9-5-7-11-19(17)24(20-12-8-6-10-18(20)23)30-16-22(26)28-14-4-2/h7-10,15-18,21-22H,1-6,11-14,19-20H2;7-10,13-16H,3-6,11-12,17-20H2,1-2H3;7-13,16-17H,6,14-15H2,1-5H3;5-12H,3-4,13-16H2,1-2H3. The molecule has 14 rings (SSSR count). The molecule has 0 saturated heterocycles. The molecule has 2 saturated carbocycles. The summed E-state index contributed by atoms with van der Waals surface area (Å²) >= 11 is 0. The highest BCUT2D eigenvalue weighted by Crippen LogP contribution is 2.48. The van der Waals surface area contributed by atoms with E-state index in [0.29, 0.717) is 72.4 Å². The lowest BCUT2D eigenvalue weighted by molar-refractivity contribution is -0.153. The summed E-state index contributed by atoms with van der Waals surface area (Å²) in [4.78, 5) is 97.6. The molecule has 0 bridgehead atoms. The second kappa shape index (κ2) is 52.1. The fourth-order valence-corrected chi connectivity index (χ4v) is 15.9. The molecule has 0 atom stereocenters. The Morgan fingerprint density at radius 1 is 0.250 bits per heavy atom. The SMILES string of the molecule is CCCCCOC(=O)COc1c2ccccc2c(OCC(=O)OCCCCC)c2ccccc12.CCCOC(=O)COc1c2ccccc2c(OCC(=O)OCCC)c2ccccc12.CCc1ccc2c(OCC(=O)OC(C)C)c3ccccc3c(OCC(=O)OC(C)C)c2c1.O=C(COc1c2ccccc2c(OCC(=O)OC2CCCCC2)c2ccccc12)OC1CCCCC1. The number of unbranched alkanes of at least 4 members (excludes halogenated alkanes) is 4. The largest absolute Gasteiger partial charge is 0.481 e. The van der Waals surface area contributed by atoms with E-state index < -0.39 is 35.8 Å². The van der Waals surface area contributed by atoms with E-state index in [1.165, 1.54) is 12.8 Å². The summed E-state index contributed by atoms with van der Waals surface area (Å²) in [5.74, 6) is 1.56. The number of ether oxygens (including phenoxy) is 16. The van der Waals surface area contributed by atoms with Gasteiger partial charge in [0.05, 0.1) is 38.6 Å². The Morgan fingerprint density at radius 3 is 0.697 bits per heavy atom. The number of rotatable bonds is 41. The van der Waals surface area contributed by atoms with Gasteiger partial charge in [0.15, 0.2) is 52.9 Å². The van der Waals surface area contributed by atoms with Gasteiger partial charge >= 0.3 is 47.8 Å². The van der Waals surface area contributed by atoms with Gasteiger partial charge in [-0.25, -0.2) is 38.4 Å². The first-order valence-corrected chi connectivity index (χ1v) is 46.5. The first kappa shape index (κ1) is 99.5. The third-order valence-corrected chi connectivity index (χ3v) is 22.0. The van der Waals surface area contributed by atoms with E-state index in [1.807, 2.05) is 202 Å². The van der Waals surface area contributed by atoms with Gasteiger partial charge in [0.1, 0.15) is 58.2 Å². The molecule has 2 fully saturated rings. The quantitative estimate of drug-likeness (QED) is 0.0149. The number of hydrogen-bond donors (Lipinski definition) is 0. The highest BCUT2D eigenvalue weighted by molar-refractivity contribution is 6.15. The fourth-order valence-electron chi connectivity index (χ4n) is 15.9. The minimum absolute atomic E-state index is 0.00696. The van der Waals surface area contributed by atoms with Gasteiger partial charge in [-0.1, -0.05) is 255 Å². The smallest absolute Gasteiger partial charge is 0.344 e. The summed E-state index contributed by atoms with van der Waals surface area (Å²) in [5, 5.41) is 12.8. The van der Waals surface area contributed by atoms with E-state index in [1.54, 1.807) is 27.7 Å². The molecule has 2 aliphatic carbocycles. The van der Waals surface area contributed by atoms with Crippen LogP contribution in [0.25, 0.3) is 86.2 Å². The van der Waals surface area contributed by atoms with Crippen molar-refractivity contribution in [2.75, 3.05) is 79.3 Å². The molecular weight excluding hydrogens is 1680 g/mol. The minimum atomic E-state index is -0.431. The lowest BCUT2D eigenvalue weighted by Crippen LogP contribution is -2.25. The molecule has 132 heavy (non-hydrogen) atoms. The molecule has 0 aliphatic heterocycles.